The molecule has 1 saturated heterocycles. The summed E-state index contributed by atoms with van der Waals surface area (Å²) in [5.41, 5.74) is 0. The Morgan fingerprint density at radius 3 is 2.50 bits per heavy atom. The second-order valence-corrected chi connectivity index (χ2v) is 1.53. The highest BCUT2D eigenvalue weighted by Gasteiger charge is 2.24. The minimum atomic E-state index is -0.0602. The molecule has 0 aliphatic carbocycles. The lowest BCUT2D eigenvalue weighted by atomic mass is 10.1. The van der Waals surface area contributed by atoms with Crippen molar-refractivity contribution < 1.29 is 9.53 Å². The Balaban J connectivity index is 2.39. The van der Waals surface area contributed by atoms with Crippen molar-refractivity contribution in [3.8, 4) is 0 Å². The van der Waals surface area contributed by atoms with E-state index in [0.29, 0.717) is 6.61 Å². The summed E-state index contributed by atoms with van der Waals surface area (Å²) in [5.74, 6) is 0.111. The summed E-state index contributed by atoms with van der Waals surface area (Å²) < 4.78 is 4.40. The third-order valence-corrected chi connectivity index (χ3v) is 0.878. The maximum atomic E-state index is 10.0. The summed E-state index contributed by atoms with van der Waals surface area (Å²) in [6, 6.07) is 0. The third-order valence-electron chi connectivity index (χ3n) is 0.878. The molecule has 0 N–H and O–H groups in total. The van der Waals surface area contributed by atoms with Gasteiger partial charge in [0.1, 0.15) is 6.61 Å². The number of carbonyl (C=O) groups is 1. The van der Waals surface area contributed by atoms with Gasteiger partial charge < -0.3 is 4.74 Å². The number of esters is 1. The van der Waals surface area contributed by atoms with E-state index in [2.05, 4.69) is 4.74 Å². The second kappa shape index (κ2) is 0.965. The zero-order chi connectivity index (χ0) is 4.57. The van der Waals surface area contributed by atoms with Gasteiger partial charge in [-0.2, -0.15) is 0 Å². The van der Waals surface area contributed by atoms with E-state index in [1.165, 1.54) is 0 Å². The molecule has 0 aromatic heterocycles. The number of rotatable bonds is 0. The van der Waals surface area contributed by atoms with Gasteiger partial charge in [0, 0.05) is 0 Å². The van der Waals surface area contributed by atoms with E-state index in [4.69, 9.17) is 0 Å². The van der Waals surface area contributed by atoms with E-state index >= 15 is 0 Å². The fourth-order valence-corrected chi connectivity index (χ4v) is 0.318. The summed E-state index contributed by atoms with van der Waals surface area (Å²) in [7, 11) is 0. The molecule has 0 spiro atoms. The molecule has 1 rings (SSSR count). The van der Waals surface area contributed by atoms with Crippen LogP contribution in [0.2, 0.25) is 0 Å². The lowest BCUT2D eigenvalue weighted by Crippen LogP contribution is -2.31. The Kier molecular flexibility index (Phi) is 0.587. The van der Waals surface area contributed by atoms with E-state index in [0.717, 1.165) is 0 Å². The van der Waals surface area contributed by atoms with Gasteiger partial charge >= 0.3 is 5.97 Å². The number of cyclic esters (lactones) is 1. The molecule has 0 amide bonds. The molecule has 1 aliphatic heterocycles. The molecule has 34 valence electrons. The zero-order valence-electron chi connectivity index (χ0n) is 3.60. The molecular weight excluding hydrogens is 80.0 g/mol. The standard InChI is InChI=1S/C4H6O2/c1-3-2-6-4(3)5/h3H,2H2,1H3. The average Bonchev–Trinajstić information content (AvgIpc) is 1.61. The Morgan fingerprint density at radius 2 is 2.50 bits per heavy atom. The Bertz CT molecular complexity index is 77.6. The summed E-state index contributed by atoms with van der Waals surface area (Å²) in [6.07, 6.45) is 0. The minimum Gasteiger partial charge on any atom is -0.464 e. The highest BCUT2D eigenvalue weighted by molar-refractivity contribution is 5.76. The molecule has 2 heteroatoms. The first-order valence-electron chi connectivity index (χ1n) is 1.97. The predicted octanol–water partition coefficient (Wildman–Crippen LogP) is 0.179. The smallest absolute Gasteiger partial charge is 0.312 e. The summed E-state index contributed by atoms with van der Waals surface area (Å²) in [4.78, 5) is 10.0. The molecule has 0 bridgehead atoms. The Hall–Kier alpha value is -0.530. The van der Waals surface area contributed by atoms with Gasteiger partial charge in [0.15, 0.2) is 0 Å². The van der Waals surface area contributed by atoms with Crippen LogP contribution in [0, 0.1) is 5.92 Å². The van der Waals surface area contributed by atoms with Gasteiger partial charge in [0.2, 0.25) is 0 Å². The zero-order valence-corrected chi connectivity index (χ0v) is 3.60. The lowest BCUT2D eigenvalue weighted by molar-refractivity contribution is -0.166. The van der Waals surface area contributed by atoms with Gasteiger partial charge in [-0.15, -0.1) is 0 Å². The van der Waals surface area contributed by atoms with Crippen LogP contribution in [0.25, 0.3) is 0 Å². The minimum absolute atomic E-state index is 0.0602. The largest absolute Gasteiger partial charge is 0.464 e. The Morgan fingerprint density at radius 1 is 2.00 bits per heavy atom. The van der Waals surface area contributed by atoms with Crippen LogP contribution in [0.1, 0.15) is 6.92 Å². The van der Waals surface area contributed by atoms with E-state index in [9.17, 15) is 4.79 Å². The quantitative estimate of drug-likeness (QED) is 0.393. The van der Waals surface area contributed by atoms with Crippen LogP contribution in [-0.4, -0.2) is 12.6 Å². The van der Waals surface area contributed by atoms with Crippen LogP contribution in [0.15, 0.2) is 0 Å². The van der Waals surface area contributed by atoms with Crippen molar-refractivity contribution in [3.63, 3.8) is 0 Å². The van der Waals surface area contributed by atoms with Crippen LogP contribution < -0.4 is 0 Å². The molecule has 1 heterocycles. The van der Waals surface area contributed by atoms with Gasteiger partial charge in [0.05, 0.1) is 5.92 Å². The van der Waals surface area contributed by atoms with Gasteiger partial charge in [-0.3, -0.25) is 4.79 Å². The first kappa shape index (κ1) is 3.65. The molecule has 1 atom stereocenters. The summed E-state index contributed by atoms with van der Waals surface area (Å²) >= 11 is 0. The maximum absolute atomic E-state index is 10.0. The highest BCUT2D eigenvalue weighted by atomic mass is 16.6. The topological polar surface area (TPSA) is 26.3 Å². The molecule has 1 fully saturated rings. The molecule has 0 aromatic rings. The van der Waals surface area contributed by atoms with Crippen LogP contribution in [-0.2, 0) is 9.53 Å². The van der Waals surface area contributed by atoms with Crippen molar-refractivity contribution in [2.75, 3.05) is 6.61 Å². The molecule has 1 aliphatic rings. The van der Waals surface area contributed by atoms with Gasteiger partial charge in [-0.1, -0.05) is 0 Å². The maximum Gasteiger partial charge on any atom is 0.312 e. The van der Waals surface area contributed by atoms with Crippen molar-refractivity contribution >= 4 is 5.97 Å². The Labute approximate surface area is 36.1 Å². The fraction of sp³-hybridized carbons (Fsp3) is 0.750. The fourth-order valence-electron chi connectivity index (χ4n) is 0.318. The molecule has 2 nitrogen and oxygen atoms in total. The van der Waals surface area contributed by atoms with E-state index in [1.54, 1.807) is 0 Å². The average molecular weight is 86.1 g/mol. The van der Waals surface area contributed by atoms with Crippen LogP contribution in [0.4, 0.5) is 0 Å². The van der Waals surface area contributed by atoms with Gasteiger partial charge in [0.25, 0.3) is 0 Å². The first-order chi connectivity index (χ1) is 2.80. The number of hydrogen-bond donors (Lipinski definition) is 0. The molecule has 0 saturated carbocycles. The van der Waals surface area contributed by atoms with Crippen molar-refractivity contribution in [1.82, 2.24) is 0 Å². The van der Waals surface area contributed by atoms with Crippen molar-refractivity contribution in [3.05, 3.63) is 0 Å². The van der Waals surface area contributed by atoms with Crippen molar-refractivity contribution in [2.24, 2.45) is 5.92 Å². The molecule has 0 radical (unpaired) electrons. The second-order valence-electron chi connectivity index (χ2n) is 1.53. The molecule has 1 unspecified atom stereocenters. The number of carbonyl (C=O) groups excluding carboxylic acids is 1. The van der Waals surface area contributed by atoms with E-state index in [-0.39, 0.29) is 11.9 Å². The normalized spacial score (nSPS) is 31.5. The number of ether oxygens (including phenoxy) is 1. The predicted molar refractivity (Wildman–Crippen MR) is 20.1 cm³/mol. The van der Waals surface area contributed by atoms with Crippen molar-refractivity contribution in [1.29, 1.82) is 0 Å². The summed E-state index contributed by atoms with van der Waals surface area (Å²) in [6.45, 7) is 2.48. The van der Waals surface area contributed by atoms with Crippen molar-refractivity contribution in [2.45, 2.75) is 6.92 Å². The number of hydrogen-bond acceptors (Lipinski definition) is 2. The van der Waals surface area contributed by atoms with Gasteiger partial charge in [-0.25, -0.2) is 0 Å². The molecule has 6 heavy (non-hydrogen) atoms. The SMILES string of the molecule is CC1COC1=O. The monoisotopic (exact) mass is 86.0 g/mol. The molecule has 0 aromatic carbocycles. The van der Waals surface area contributed by atoms with Crippen LogP contribution in [0.5, 0.6) is 0 Å². The van der Waals surface area contributed by atoms with Crippen LogP contribution >= 0.6 is 0 Å². The highest BCUT2D eigenvalue weighted by Crippen LogP contribution is 2.08. The van der Waals surface area contributed by atoms with Crippen LogP contribution in [0.3, 0.4) is 0 Å². The molecular formula is C4H6O2. The summed E-state index contributed by atoms with van der Waals surface area (Å²) in [5, 5.41) is 0. The first-order valence-corrected chi connectivity index (χ1v) is 1.97. The van der Waals surface area contributed by atoms with Gasteiger partial charge in [-0.05, 0) is 6.92 Å². The van der Waals surface area contributed by atoms with E-state index in [1.807, 2.05) is 6.92 Å². The third kappa shape index (κ3) is 0.295. The van der Waals surface area contributed by atoms with E-state index < -0.39 is 0 Å². The lowest BCUT2D eigenvalue weighted by Gasteiger charge is -2.19.